The van der Waals surface area contributed by atoms with Gasteiger partial charge >= 0.3 is 0 Å². The van der Waals surface area contributed by atoms with Crippen LogP contribution in [-0.2, 0) is 16.0 Å². The highest BCUT2D eigenvalue weighted by molar-refractivity contribution is 6.05. The van der Waals surface area contributed by atoms with Gasteiger partial charge in [0.15, 0.2) is 0 Å². The van der Waals surface area contributed by atoms with Crippen LogP contribution >= 0.6 is 0 Å². The molecule has 0 radical (unpaired) electrons. The number of rotatable bonds is 7. The Morgan fingerprint density at radius 2 is 2.04 bits per heavy atom. The molecule has 1 aromatic carbocycles. The van der Waals surface area contributed by atoms with Gasteiger partial charge in [-0.1, -0.05) is 31.7 Å². The minimum atomic E-state index is -0.311. The van der Waals surface area contributed by atoms with Gasteiger partial charge in [0.1, 0.15) is 0 Å². The summed E-state index contributed by atoms with van der Waals surface area (Å²) in [6.45, 7) is 8.46. The SMILES string of the molecule is C=CC1=C(C(=O)Nc2ccc(CCC(N)=O)cc2)CN(CC)CC1. The molecule has 1 aliphatic rings. The Balaban J connectivity index is 2.04. The van der Waals surface area contributed by atoms with Crippen molar-refractivity contribution in [3.05, 3.63) is 53.6 Å². The lowest BCUT2D eigenvalue weighted by Crippen LogP contribution is -2.35. The van der Waals surface area contributed by atoms with Crippen molar-refractivity contribution in [2.75, 3.05) is 25.0 Å². The Hall–Kier alpha value is -2.40. The number of nitrogens with two attached hydrogens (primary N) is 1. The smallest absolute Gasteiger partial charge is 0.253 e. The molecular formula is C19H25N3O2. The van der Waals surface area contributed by atoms with E-state index in [0.29, 0.717) is 19.4 Å². The summed E-state index contributed by atoms with van der Waals surface area (Å²) < 4.78 is 0. The largest absolute Gasteiger partial charge is 0.370 e. The average molecular weight is 327 g/mol. The number of anilines is 1. The van der Waals surface area contributed by atoms with Crippen molar-refractivity contribution in [2.45, 2.75) is 26.2 Å². The van der Waals surface area contributed by atoms with Gasteiger partial charge < -0.3 is 11.1 Å². The molecule has 0 fully saturated rings. The first-order valence-electron chi connectivity index (χ1n) is 8.29. The molecule has 5 heteroatoms. The van der Waals surface area contributed by atoms with Crippen molar-refractivity contribution in [2.24, 2.45) is 5.73 Å². The zero-order chi connectivity index (χ0) is 17.5. The first-order valence-corrected chi connectivity index (χ1v) is 8.29. The number of hydrogen-bond donors (Lipinski definition) is 2. The van der Waals surface area contributed by atoms with Gasteiger partial charge in [-0.25, -0.2) is 0 Å². The predicted molar refractivity (Wildman–Crippen MR) is 96.5 cm³/mol. The van der Waals surface area contributed by atoms with E-state index >= 15 is 0 Å². The number of carbonyl (C=O) groups is 2. The third-order valence-electron chi connectivity index (χ3n) is 4.31. The van der Waals surface area contributed by atoms with Crippen LogP contribution in [0.15, 0.2) is 48.1 Å². The highest BCUT2D eigenvalue weighted by Gasteiger charge is 2.21. The second kappa shape index (κ2) is 8.45. The minimum Gasteiger partial charge on any atom is -0.370 e. The van der Waals surface area contributed by atoms with Gasteiger partial charge in [-0.3, -0.25) is 14.5 Å². The van der Waals surface area contributed by atoms with Crippen molar-refractivity contribution >= 4 is 17.5 Å². The quantitative estimate of drug-likeness (QED) is 0.806. The van der Waals surface area contributed by atoms with Crippen LogP contribution in [-0.4, -0.2) is 36.3 Å². The average Bonchev–Trinajstić information content (AvgIpc) is 2.60. The molecule has 0 saturated carbocycles. The normalized spacial score (nSPS) is 15.2. The topological polar surface area (TPSA) is 75.4 Å². The summed E-state index contributed by atoms with van der Waals surface area (Å²) in [7, 11) is 0. The van der Waals surface area contributed by atoms with E-state index in [9.17, 15) is 9.59 Å². The van der Waals surface area contributed by atoms with Crippen molar-refractivity contribution in [1.82, 2.24) is 4.90 Å². The van der Waals surface area contributed by atoms with Crippen LogP contribution in [0.2, 0.25) is 0 Å². The number of amides is 2. The summed E-state index contributed by atoms with van der Waals surface area (Å²) in [5, 5.41) is 2.95. The van der Waals surface area contributed by atoms with Crippen molar-refractivity contribution in [3.63, 3.8) is 0 Å². The summed E-state index contributed by atoms with van der Waals surface area (Å²) in [5.74, 6) is -0.387. The Morgan fingerprint density at radius 1 is 1.33 bits per heavy atom. The van der Waals surface area contributed by atoms with Gasteiger partial charge in [0.25, 0.3) is 5.91 Å². The molecule has 2 rings (SSSR count). The first kappa shape index (κ1) is 17.9. The van der Waals surface area contributed by atoms with E-state index in [4.69, 9.17) is 5.73 Å². The molecule has 0 unspecified atom stereocenters. The summed E-state index contributed by atoms with van der Waals surface area (Å²) in [4.78, 5) is 25.7. The summed E-state index contributed by atoms with van der Waals surface area (Å²) >= 11 is 0. The Bertz CT molecular complexity index is 647. The van der Waals surface area contributed by atoms with Crippen LogP contribution in [0, 0.1) is 0 Å². The lowest BCUT2D eigenvalue weighted by Gasteiger charge is -2.28. The maximum Gasteiger partial charge on any atom is 0.253 e. The fourth-order valence-electron chi connectivity index (χ4n) is 2.78. The number of hydrogen-bond acceptors (Lipinski definition) is 3. The molecule has 0 aromatic heterocycles. The molecular weight excluding hydrogens is 302 g/mol. The molecule has 0 bridgehead atoms. The van der Waals surface area contributed by atoms with E-state index in [1.54, 1.807) is 6.08 Å². The summed E-state index contributed by atoms with van der Waals surface area (Å²) in [5.41, 5.74) is 8.73. The highest BCUT2D eigenvalue weighted by atomic mass is 16.2. The van der Waals surface area contributed by atoms with E-state index in [1.807, 2.05) is 24.3 Å². The second-order valence-electron chi connectivity index (χ2n) is 5.94. The van der Waals surface area contributed by atoms with Crippen LogP contribution in [0.3, 0.4) is 0 Å². The second-order valence-corrected chi connectivity index (χ2v) is 5.94. The van der Waals surface area contributed by atoms with Crippen molar-refractivity contribution in [3.8, 4) is 0 Å². The number of likely N-dealkylation sites (N-methyl/N-ethyl adjacent to an activating group) is 1. The Labute approximate surface area is 143 Å². The van der Waals surface area contributed by atoms with Gasteiger partial charge in [-0.05, 0) is 42.7 Å². The molecule has 5 nitrogen and oxygen atoms in total. The number of benzene rings is 1. The fraction of sp³-hybridized carbons (Fsp3) is 0.368. The Morgan fingerprint density at radius 3 is 2.62 bits per heavy atom. The highest BCUT2D eigenvalue weighted by Crippen LogP contribution is 2.21. The summed E-state index contributed by atoms with van der Waals surface area (Å²) in [6.07, 6.45) is 3.58. The monoisotopic (exact) mass is 327 g/mol. The van der Waals surface area contributed by atoms with E-state index < -0.39 is 0 Å². The molecule has 2 amide bonds. The van der Waals surface area contributed by atoms with E-state index in [2.05, 4.69) is 23.7 Å². The molecule has 0 atom stereocenters. The predicted octanol–water partition coefficient (Wildman–Crippen LogP) is 2.25. The lowest BCUT2D eigenvalue weighted by molar-refractivity contribution is -0.118. The maximum absolute atomic E-state index is 12.6. The number of allylic oxidation sites excluding steroid dienone is 1. The molecule has 1 aliphatic heterocycles. The standard InChI is InChI=1S/C19H25N3O2/c1-3-15-11-12-22(4-2)13-17(15)19(24)21-16-8-5-14(6-9-16)7-10-18(20)23/h3,5-6,8-9H,1,4,7,10-13H2,2H3,(H2,20,23)(H,21,24). The first-order chi connectivity index (χ1) is 11.5. The van der Waals surface area contributed by atoms with Gasteiger partial charge in [-0.2, -0.15) is 0 Å². The van der Waals surface area contributed by atoms with E-state index in [1.165, 1.54) is 0 Å². The number of carbonyl (C=O) groups excluding carboxylic acids is 2. The molecule has 128 valence electrons. The van der Waals surface area contributed by atoms with Crippen LogP contribution in [0.1, 0.15) is 25.3 Å². The van der Waals surface area contributed by atoms with Gasteiger partial charge in [0.2, 0.25) is 5.91 Å². The minimum absolute atomic E-state index is 0.0760. The molecule has 1 heterocycles. The molecule has 3 N–H and O–H groups in total. The van der Waals surface area contributed by atoms with Crippen molar-refractivity contribution in [1.29, 1.82) is 0 Å². The third kappa shape index (κ3) is 4.80. The zero-order valence-corrected chi connectivity index (χ0v) is 14.2. The maximum atomic E-state index is 12.6. The molecule has 0 spiro atoms. The molecule has 1 aromatic rings. The van der Waals surface area contributed by atoms with Gasteiger partial charge in [0, 0.05) is 30.8 Å². The van der Waals surface area contributed by atoms with Crippen molar-refractivity contribution < 1.29 is 9.59 Å². The number of primary amides is 1. The van der Waals surface area contributed by atoms with Crippen LogP contribution < -0.4 is 11.1 Å². The zero-order valence-electron chi connectivity index (χ0n) is 14.2. The third-order valence-corrected chi connectivity index (χ3v) is 4.31. The molecule has 0 aliphatic carbocycles. The fourth-order valence-corrected chi connectivity index (χ4v) is 2.78. The lowest BCUT2D eigenvalue weighted by atomic mass is 9.99. The van der Waals surface area contributed by atoms with E-state index in [-0.39, 0.29) is 11.8 Å². The number of nitrogens with one attached hydrogen (secondary N) is 1. The molecule has 0 saturated heterocycles. The van der Waals surface area contributed by atoms with Gasteiger partial charge in [0.05, 0.1) is 0 Å². The van der Waals surface area contributed by atoms with E-state index in [0.717, 1.165) is 41.9 Å². The van der Waals surface area contributed by atoms with Crippen LogP contribution in [0.4, 0.5) is 5.69 Å². The number of aryl methyl sites for hydroxylation is 1. The van der Waals surface area contributed by atoms with Crippen LogP contribution in [0.25, 0.3) is 0 Å². The van der Waals surface area contributed by atoms with Gasteiger partial charge in [-0.15, -0.1) is 0 Å². The summed E-state index contributed by atoms with van der Waals surface area (Å²) in [6, 6.07) is 7.51. The Kier molecular flexibility index (Phi) is 6.32. The number of nitrogens with zero attached hydrogens (tertiary/aromatic N) is 1. The molecule has 24 heavy (non-hydrogen) atoms. The van der Waals surface area contributed by atoms with Crippen LogP contribution in [0.5, 0.6) is 0 Å².